The van der Waals surface area contributed by atoms with Crippen LogP contribution in [0, 0.1) is 23.4 Å². The van der Waals surface area contributed by atoms with Gasteiger partial charge in [0.2, 0.25) is 11.8 Å². The number of rotatable bonds is 11. The van der Waals surface area contributed by atoms with Crippen LogP contribution in [0.4, 0.5) is 13.2 Å². The van der Waals surface area contributed by atoms with E-state index in [1.54, 1.807) is 41.5 Å². The number of hydrogen-bond donors (Lipinski definition) is 4. The average Bonchev–Trinajstić information content (AvgIpc) is 4.06. The van der Waals surface area contributed by atoms with E-state index in [2.05, 4.69) is 15.9 Å². The van der Waals surface area contributed by atoms with Crippen molar-refractivity contribution in [3.05, 3.63) is 181 Å². The summed E-state index contributed by atoms with van der Waals surface area (Å²) in [5, 5.41) is 37.8. The maximum Gasteiger partial charge on any atom is 0.491 e. The van der Waals surface area contributed by atoms with Crippen molar-refractivity contribution in [1.82, 2.24) is 9.62 Å². The van der Waals surface area contributed by atoms with Gasteiger partial charge in [-0.25, -0.2) is 13.2 Å². The maximum absolute atomic E-state index is 13.9. The normalized spacial score (nSPS) is 16.4. The predicted molar refractivity (Wildman–Crippen MR) is 321 cm³/mol. The fraction of sp³-hybridized carbons (Fsp3) is 0.278. The van der Waals surface area contributed by atoms with E-state index in [-0.39, 0.29) is 86.5 Å². The van der Waals surface area contributed by atoms with Gasteiger partial charge in [0.05, 0.1) is 0 Å². The van der Waals surface area contributed by atoms with Crippen LogP contribution in [-0.2, 0) is 33.6 Å². The third kappa shape index (κ3) is 19.2. The standard InChI is InChI=1S/C18H18BClFNO2.C18H16ClFO.C12H15BBrNO2.C6H5BClFO2.3H2S/c1-19(24)22-15(7-9-18(22)23)10-12-2-4-13(5-3-12)16-11-14(20)6-8-17(16)21;19-15-6-8-18(20)17(11-15)14-4-1-12(2-5-14)9-13-3-7-16(21)10-13;1-13(17)15-11(6-7-12(15)16)8-9-2-4-10(14)5-3-9;8-4-1-2-6(9)5(3-4)7(10)11;;;/h2-6,8,11,15,24H,7,9-10H2,1H3;1-2,4-6,8,11,13H,3,7,9-10H2;2-5,11,17H,6-8H2,1H3;1-3,10-11H;3*1H2/t15-;13-;11-;;;;/m000..../s1. The average molecular weight is 1220 g/mol. The first-order chi connectivity index (χ1) is 34.8. The summed E-state index contributed by atoms with van der Waals surface area (Å²) < 4.78 is 41.5. The van der Waals surface area contributed by atoms with Crippen LogP contribution in [0.5, 0.6) is 0 Å². The Kier molecular flexibility index (Phi) is 27.7. The number of carbonyl (C=O) groups excluding carboxylic acids is 3. The summed E-state index contributed by atoms with van der Waals surface area (Å²) >= 11 is 20.7. The van der Waals surface area contributed by atoms with Crippen molar-refractivity contribution in [1.29, 1.82) is 0 Å². The number of halogens is 7. The molecule has 2 heterocycles. The molecule has 9 rings (SSSR count). The van der Waals surface area contributed by atoms with E-state index in [1.165, 1.54) is 41.5 Å². The predicted octanol–water partition coefficient (Wildman–Crippen LogP) is 11.4. The molecule has 404 valence electrons. The number of nitrogens with zero attached hydrogens (tertiary/aromatic N) is 2. The monoisotopic (exact) mass is 1220 g/mol. The molecule has 3 fully saturated rings. The molecule has 0 aromatic heterocycles. The van der Waals surface area contributed by atoms with Crippen molar-refractivity contribution in [2.75, 3.05) is 0 Å². The molecule has 1 saturated carbocycles. The van der Waals surface area contributed by atoms with E-state index >= 15 is 0 Å². The summed E-state index contributed by atoms with van der Waals surface area (Å²) in [5.41, 5.74) is 5.79. The molecule has 3 atom stereocenters. The van der Waals surface area contributed by atoms with Crippen LogP contribution < -0.4 is 5.46 Å². The summed E-state index contributed by atoms with van der Waals surface area (Å²) in [6, 6.07) is 36.3. The van der Waals surface area contributed by atoms with E-state index < -0.39 is 27.0 Å². The Bertz CT molecular complexity index is 2860. The van der Waals surface area contributed by atoms with Crippen LogP contribution in [0.25, 0.3) is 22.3 Å². The molecule has 2 amide bonds. The van der Waals surface area contributed by atoms with Gasteiger partial charge in [0.1, 0.15) is 23.2 Å². The lowest BCUT2D eigenvalue weighted by Gasteiger charge is -2.25. The van der Waals surface area contributed by atoms with Gasteiger partial charge in [0, 0.05) is 73.9 Å². The zero-order valence-electron chi connectivity index (χ0n) is 41.7. The van der Waals surface area contributed by atoms with Gasteiger partial charge in [-0.3, -0.25) is 14.4 Å². The van der Waals surface area contributed by atoms with Crippen LogP contribution in [0.3, 0.4) is 0 Å². The summed E-state index contributed by atoms with van der Waals surface area (Å²) in [6.07, 6.45) is 7.41. The molecule has 0 radical (unpaired) electrons. The Balaban J connectivity index is 0.000000272. The number of amides is 2. The molecule has 4 N–H and O–H groups in total. The highest BCUT2D eigenvalue weighted by Gasteiger charge is 2.36. The molecule has 3 aliphatic rings. The molecule has 9 nitrogen and oxygen atoms in total. The second-order valence-electron chi connectivity index (χ2n) is 18.3. The first-order valence-corrected chi connectivity index (χ1v) is 25.8. The van der Waals surface area contributed by atoms with Crippen molar-refractivity contribution in [2.24, 2.45) is 5.92 Å². The zero-order valence-corrected chi connectivity index (χ0v) is 48.6. The van der Waals surface area contributed by atoms with Gasteiger partial charge in [0.25, 0.3) is 0 Å². The molecule has 0 unspecified atom stereocenters. The highest BCUT2D eigenvalue weighted by molar-refractivity contribution is 9.10. The molecule has 76 heavy (non-hydrogen) atoms. The number of ketones is 1. The molecule has 6 aromatic carbocycles. The van der Waals surface area contributed by atoms with Crippen LogP contribution in [0.15, 0.2) is 132 Å². The molecule has 2 aliphatic heterocycles. The van der Waals surface area contributed by atoms with Gasteiger partial charge in [-0.1, -0.05) is 111 Å². The quantitative estimate of drug-likeness (QED) is 0.0948. The van der Waals surface area contributed by atoms with Crippen molar-refractivity contribution in [3.8, 4) is 22.3 Å². The minimum Gasteiger partial charge on any atom is -0.432 e. The minimum atomic E-state index is -1.81. The second kappa shape index (κ2) is 31.7. The van der Waals surface area contributed by atoms with Crippen molar-refractivity contribution in [2.45, 2.75) is 89.9 Å². The first-order valence-electron chi connectivity index (χ1n) is 23.9. The molecule has 2 saturated heterocycles. The van der Waals surface area contributed by atoms with Gasteiger partial charge in [-0.2, -0.15) is 40.5 Å². The molecule has 6 aromatic rings. The largest absolute Gasteiger partial charge is 0.491 e. The van der Waals surface area contributed by atoms with Gasteiger partial charge in [-0.15, -0.1) is 0 Å². The Hall–Kier alpha value is -3.85. The molecule has 22 heteroatoms. The van der Waals surface area contributed by atoms with Gasteiger partial charge in [0.15, 0.2) is 0 Å². The summed E-state index contributed by atoms with van der Waals surface area (Å²) in [6.45, 7) is 3.26. The van der Waals surface area contributed by atoms with E-state index in [1.807, 2.05) is 72.8 Å². The van der Waals surface area contributed by atoms with Gasteiger partial charge >= 0.3 is 21.2 Å². The molecular weight excluding hydrogens is 1160 g/mol. The van der Waals surface area contributed by atoms with E-state index in [0.717, 1.165) is 65.8 Å². The third-order valence-electron chi connectivity index (χ3n) is 12.9. The lowest BCUT2D eigenvalue weighted by atomic mass is 9.80. The zero-order chi connectivity index (χ0) is 52.9. The van der Waals surface area contributed by atoms with E-state index in [4.69, 9.17) is 44.9 Å². The van der Waals surface area contributed by atoms with E-state index in [0.29, 0.717) is 58.6 Å². The van der Waals surface area contributed by atoms with Crippen molar-refractivity contribution in [3.63, 3.8) is 0 Å². The maximum atomic E-state index is 13.9. The minimum absolute atomic E-state index is 0. The number of benzene rings is 6. The number of Topliss-reactive ketones (excluding diaryl/α,β-unsaturated/α-hetero) is 1. The first kappa shape index (κ1) is 66.4. The lowest BCUT2D eigenvalue weighted by molar-refractivity contribution is -0.126. The van der Waals surface area contributed by atoms with Crippen molar-refractivity contribution >= 4 is 135 Å². The van der Waals surface area contributed by atoms with Gasteiger partial charge in [-0.05, 0) is 153 Å². The molecule has 0 spiro atoms. The Morgan fingerprint density at radius 3 is 1.28 bits per heavy atom. The van der Waals surface area contributed by atoms with Crippen molar-refractivity contribution < 1.29 is 47.7 Å². The van der Waals surface area contributed by atoms with Crippen LogP contribution in [0.1, 0.15) is 61.6 Å². The Morgan fingerprint density at radius 1 is 0.526 bits per heavy atom. The summed E-state index contributed by atoms with van der Waals surface area (Å²) in [4.78, 5) is 37.9. The van der Waals surface area contributed by atoms with Crippen LogP contribution in [-0.4, -0.2) is 80.6 Å². The topological polar surface area (TPSA) is 139 Å². The smallest absolute Gasteiger partial charge is 0.432 e. The SMILES string of the molecule is CB(O)N1C(=O)CC[C@H]1Cc1ccc(-c2cc(Cl)ccc2F)cc1.CB(O)N1C(=O)CC[C@H]1Cc1ccc(Br)cc1.O=C1CC[C@@H](Cc2ccc(-c3cc(Cl)ccc3F)cc2)C1.OB(O)c1cc(Cl)ccc1F.S.S.S. The highest BCUT2D eigenvalue weighted by Crippen LogP contribution is 2.31. The highest BCUT2D eigenvalue weighted by atomic mass is 79.9. The van der Waals surface area contributed by atoms with Crippen LogP contribution >= 0.6 is 91.2 Å². The molecule has 1 aliphatic carbocycles. The van der Waals surface area contributed by atoms with Gasteiger partial charge < -0.3 is 29.7 Å². The Morgan fingerprint density at radius 2 is 0.908 bits per heavy atom. The van der Waals surface area contributed by atoms with Crippen LogP contribution in [0.2, 0.25) is 28.7 Å². The molecule has 0 bridgehead atoms. The molecular formula is C54H60B3BrCl3F3N2O7S3. The van der Waals surface area contributed by atoms with E-state index in [9.17, 15) is 37.6 Å². The summed E-state index contributed by atoms with van der Waals surface area (Å²) in [5.74, 6) is -0.370. The fourth-order valence-corrected chi connectivity index (χ4v) is 10.1. The number of hydrogen-bond acceptors (Lipinski definition) is 7. The summed E-state index contributed by atoms with van der Waals surface area (Å²) in [7, 11) is -3.27. The fourth-order valence-electron chi connectivity index (χ4n) is 9.31. The Labute approximate surface area is 488 Å². The lowest BCUT2D eigenvalue weighted by Crippen LogP contribution is -2.44. The second-order valence-corrected chi connectivity index (χ2v) is 20.5. The third-order valence-corrected chi connectivity index (χ3v) is 14.1. The number of carbonyl (C=O) groups is 3.